The molecular formula is C17H18N6O2S. The molecule has 3 aromatic rings. The molecule has 0 radical (unpaired) electrons. The van der Waals surface area contributed by atoms with Crippen LogP contribution in [0.2, 0.25) is 0 Å². The molecule has 0 aromatic carbocycles. The maximum absolute atomic E-state index is 12.1. The molecular weight excluding hydrogens is 352 g/mol. The highest BCUT2D eigenvalue weighted by molar-refractivity contribution is 7.89. The van der Waals surface area contributed by atoms with Crippen LogP contribution >= 0.6 is 0 Å². The van der Waals surface area contributed by atoms with Gasteiger partial charge in [0.25, 0.3) is 0 Å². The maximum atomic E-state index is 12.1. The highest BCUT2D eigenvalue weighted by atomic mass is 32.2. The van der Waals surface area contributed by atoms with E-state index in [1.54, 1.807) is 17.8 Å². The Kier molecular flexibility index (Phi) is 3.82. The first-order valence-corrected chi connectivity index (χ1v) is 9.93. The van der Waals surface area contributed by atoms with Crippen molar-refractivity contribution in [3.05, 3.63) is 36.8 Å². The maximum Gasteiger partial charge on any atom is 0.213 e. The average Bonchev–Trinajstić information content (AvgIpc) is 3.26. The fraction of sp³-hybridized carbons (Fsp3) is 0.353. The number of hydrogen-bond donors (Lipinski definition) is 1. The molecule has 3 aromatic heterocycles. The van der Waals surface area contributed by atoms with Crippen LogP contribution in [0.3, 0.4) is 0 Å². The largest absolute Gasteiger partial charge is 0.346 e. The Balaban J connectivity index is 1.69. The number of pyridine rings is 1. The predicted molar refractivity (Wildman–Crippen MR) is 96.6 cm³/mol. The van der Waals surface area contributed by atoms with Gasteiger partial charge in [0, 0.05) is 42.6 Å². The number of nitriles is 1. The number of rotatable bonds is 5. The van der Waals surface area contributed by atoms with E-state index in [-0.39, 0.29) is 25.3 Å². The van der Waals surface area contributed by atoms with Crippen molar-refractivity contribution in [2.45, 2.75) is 18.9 Å². The summed E-state index contributed by atoms with van der Waals surface area (Å²) in [6.45, 7) is 2.17. The lowest BCUT2D eigenvalue weighted by atomic mass is 9.89. The Morgan fingerprint density at radius 2 is 2.15 bits per heavy atom. The minimum atomic E-state index is -3.26. The molecule has 0 aliphatic carbocycles. The molecule has 0 spiro atoms. The normalized spacial score (nSPS) is 17.1. The lowest BCUT2D eigenvalue weighted by Crippen LogP contribution is -2.64. The van der Waals surface area contributed by atoms with Gasteiger partial charge in [0.1, 0.15) is 11.2 Å². The minimum Gasteiger partial charge on any atom is -0.346 e. The number of sulfonamides is 1. The Bertz CT molecular complexity index is 1100. The van der Waals surface area contributed by atoms with Crippen molar-refractivity contribution in [1.82, 2.24) is 24.1 Å². The van der Waals surface area contributed by atoms with Gasteiger partial charge < -0.3 is 4.98 Å². The van der Waals surface area contributed by atoms with Gasteiger partial charge in [0.05, 0.1) is 23.9 Å². The summed E-state index contributed by atoms with van der Waals surface area (Å²) in [6, 6.07) is 7.91. The smallest absolute Gasteiger partial charge is 0.213 e. The van der Waals surface area contributed by atoms with Gasteiger partial charge in [0.2, 0.25) is 10.0 Å². The summed E-state index contributed by atoms with van der Waals surface area (Å²) in [7, 11) is -3.26. The van der Waals surface area contributed by atoms with Gasteiger partial charge in [-0.05, 0) is 25.1 Å². The van der Waals surface area contributed by atoms with Crippen LogP contribution in [-0.2, 0) is 15.6 Å². The fourth-order valence-electron chi connectivity index (χ4n) is 3.39. The number of nitrogens with one attached hydrogen (secondary N) is 1. The molecule has 0 unspecified atom stereocenters. The van der Waals surface area contributed by atoms with Crippen molar-refractivity contribution in [1.29, 1.82) is 5.26 Å². The molecule has 134 valence electrons. The summed E-state index contributed by atoms with van der Waals surface area (Å²) in [5.74, 6) is 0.0580. The number of aromatic nitrogens is 4. The Morgan fingerprint density at radius 1 is 1.35 bits per heavy atom. The first-order valence-electron chi connectivity index (χ1n) is 8.32. The number of aromatic amines is 1. The molecule has 9 heteroatoms. The fourth-order valence-corrected chi connectivity index (χ4v) is 4.63. The van der Waals surface area contributed by atoms with E-state index in [9.17, 15) is 13.7 Å². The van der Waals surface area contributed by atoms with Gasteiger partial charge in [-0.2, -0.15) is 14.7 Å². The predicted octanol–water partition coefficient (Wildman–Crippen LogP) is 1.70. The molecule has 1 aliphatic heterocycles. The average molecular weight is 370 g/mol. The molecule has 4 heterocycles. The topological polar surface area (TPSA) is 108 Å². The van der Waals surface area contributed by atoms with Crippen LogP contribution in [0.15, 0.2) is 36.8 Å². The van der Waals surface area contributed by atoms with Crippen LogP contribution < -0.4 is 0 Å². The third-order valence-corrected chi connectivity index (χ3v) is 6.69. The van der Waals surface area contributed by atoms with Crippen molar-refractivity contribution in [2.75, 3.05) is 18.8 Å². The van der Waals surface area contributed by atoms with Crippen molar-refractivity contribution in [3.63, 3.8) is 0 Å². The van der Waals surface area contributed by atoms with Crippen molar-refractivity contribution in [2.24, 2.45) is 0 Å². The first kappa shape index (κ1) is 16.8. The van der Waals surface area contributed by atoms with Crippen LogP contribution in [0, 0.1) is 11.3 Å². The summed E-state index contributed by atoms with van der Waals surface area (Å²) in [5, 5.41) is 14.9. The quantitative estimate of drug-likeness (QED) is 0.735. The standard InChI is InChI=1S/C17H18N6O2S/c1-2-26(24,25)22-11-17(12-22,6-7-18)23-10-5-15(21-23)13-3-8-19-16-14(13)4-9-20-16/h3-5,8-10H,2,6,11-12H2,1H3,(H,19,20). The highest BCUT2D eigenvalue weighted by Crippen LogP contribution is 2.35. The van der Waals surface area contributed by atoms with Crippen molar-refractivity contribution < 1.29 is 8.42 Å². The van der Waals surface area contributed by atoms with Gasteiger partial charge >= 0.3 is 0 Å². The lowest BCUT2D eigenvalue weighted by Gasteiger charge is -2.47. The van der Waals surface area contributed by atoms with Crippen LogP contribution in [-0.4, -0.2) is 51.3 Å². The second kappa shape index (κ2) is 5.93. The monoisotopic (exact) mass is 370 g/mol. The molecule has 0 amide bonds. The summed E-state index contributed by atoms with van der Waals surface area (Å²) in [4.78, 5) is 7.36. The van der Waals surface area contributed by atoms with E-state index in [1.807, 2.05) is 30.6 Å². The third kappa shape index (κ3) is 2.50. The zero-order valence-corrected chi connectivity index (χ0v) is 15.1. The zero-order chi connectivity index (χ0) is 18.4. The molecule has 1 saturated heterocycles. The van der Waals surface area contributed by atoms with Crippen LogP contribution in [0.25, 0.3) is 22.3 Å². The number of fused-ring (bicyclic) bond motifs is 1. The van der Waals surface area contributed by atoms with E-state index < -0.39 is 15.6 Å². The Morgan fingerprint density at radius 3 is 2.88 bits per heavy atom. The van der Waals surface area contributed by atoms with Gasteiger partial charge in [-0.15, -0.1) is 0 Å². The summed E-state index contributed by atoms with van der Waals surface area (Å²) in [5.41, 5.74) is 1.89. The highest BCUT2D eigenvalue weighted by Gasteiger charge is 2.49. The van der Waals surface area contributed by atoms with Crippen LogP contribution in [0.5, 0.6) is 0 Å². The minimum absolute atomic E-state index is 0.0580. The van der Waals surface area contributed by atoms with Crippen LogP contribution in [0.1, 0.15) is 13.3 Å². The second-order valence-electron chi connectivity index (χ2n) is 6.47. The van der Waals surface area contributed by atoms with E-state index >= 15 is 0 Å². The van der Waals surface area contributed by atoms with E-state index in [1.165, 1.54) is 4.31 Å². The summed E-state index contributed by atoms with van der Waals surface area (Å²) in [6.07, 6.45) is 5.58. The second-order valence-corrected chi connectivity index (χ2v) is 8.73. The molecule has 1 fully saturated rings. The van der Waals surface area contributed by atoms with E-state index in [0.717, 1.165) is 22.3 Å². The molecule has 26 heavy (non-hydrogen) atoms. The lowest BCUT2D eigenvalue weighted by molar-refractivity contribution is 0.0721. The number of H-pyrrole nitrogens is 1. The molecule has 0 bridgehead atoms. The van der Waals surface area contributed by atoms with Gasteiger partial charge in [0.15, 0.2) is 0 Å². The summed E-state index contributed by atoms with van der Waals surface area (Å²) < 4.78 is 27.3. The third-order valence-electron chi connectivity index (χ3n) is 4.92. The SMILES string of the molecule is CCS(=O)(=O)N1CC(CC#N)(n2ccc(-c3ccnc4[nH]ccc34)n2)C1. The van der Waals surface area contributed by atoms with E-state index in [4.69, 9.17) is 0 Å². The molecule has 0 saturated carbocycles. The van der Waals surface area contributed by atoms with E-state index in [2.05, 4.69) is 21.1 Å². The van der Waals surface area contributed by atoms with Gasteiger partial charge in [-0.25, -0.2) is 13.4 Å². The summed E-state index contributed by atoms with van der Waals surface area (Å²) >= 11 is 0. The van der Waals surface area contributed by atoms with Crippen molar-refractivity contribution >= 4 is 21.1 Å². The van der Waals surface area contributed by atoms with Gasteiger partial charge in [-0.3, -0.25) is 4.68 Å². The number of hydrogen-bond acceptors (Lipinski definition) is 5. The Hall–Kier alpha value is -2.70. The molecule has 8 nitrogen and oxygen atoms in total. The van der Waals surface area contributed by atoms with Crippen LogP contribution in [0.4, 0.5) is 0 Å². The van der Waals surface area contributed by atoms with Gasteiger partial charge in [-0.1, -0.05) is 0 Å². The molecule has 1 N–H and O–H groups in total. The molecule has 1 aliphatic rings. The first-order chi connectivity index (χ1) is 12.5. The van der Waals surface area contributed by atoms with Crippen molar-refractivity contribution in [3.8, 4) is 17.3 Å². The van der Waals surface area contributed by atoms with E-state index in [0.29, 0.717) is 0 Å². The zero-order valence-electron chi connectivity index (χ0n) is 14.3. The molecule has 4 rings (SSSR count). The number of nitrogens with zero attached hydrogens (tertiary/aromatic N) is 5. The Labute approximate surface area is 151 Å². The molecule has 0 atom stereocenters.